The number of carbonyl (C=O) groups is 1. The highest BCUT2D eigenvalue weighted by Crippen LogP contribution is 2.59. The molecule has 1 saturated carbocycles. The lowest BCUT2D eigenvalue weighted by atomic mass is 10.1. The summed E-state index contributed by atoms with van der Waals surface area (Å²) in [6.07, 6.45) is 2.07. The van der Waals surface area contributed by atoms with Gasteiger partial charge in [0.1, 0.15) is 0 Å². The van der Waals surface area contributed by atoms with Gasteiger partial charge in [-0.25, -0.2) is 0 Å². The van der Waals surface area contributed by atoms with E-state index in [1.807, 2.05) is 27.7 Å². The maximum Gasteiger partial charge on any atom is 0.307 e. The van der Waals surface area contributed by atoms with Gasteiger partial charge in [-0.05, 0) is 25.2 Å². The second kappa shape index (κ2) is 2.61. The molecule has 68 valence electrons. The zero-order chi connectivity index (χ0) is 9.52. The molecule has 0 aromatic rings. The Bertz CT molecular complexity index is 234. The van der Waals surface area contributed by atoms with Crippen LogP contribution < -0.4 is 0 Å². The molecule has 1 aliphatic carbocycles. The normalized spacial score (nSPS) is 31.0. The van der Waals surface area contributed by atoms with Gasteiger partial charge in [-0.3, -0.25) is 4.79 Å². The molecule has 2 nitrogen and oxygen atoms in total. The highest BCUT2D eigenvalue weighted by molar-refractivity contribution is 5.76. The summed E-state index contributed by atoms with van der Waals surface area (Å²) in [5.74, 6) is -0.602. The van der Waals surface area contributed by atoms with Gasteiger partial charge in [-0.2, -0.15) is 0 Å². The minimum absolute atomic E-state index is 0.0386. The van der Waals surface area contributed by atoms with Crippen LogP contribution in [0.3, 0.4) is 0 Å². The average Bonchev–Trinajstić information content (AvgIpc) is 2.32. The third kappa shape index (κ3) is 1.38. The third-order valence-corrected chi connectivity index (χ3v) is 2.69. The van der Waals surface area contributed by atoms with Crippen LogP contribution in [0, 0.1) is 17.3 Å². The number of rotatable bonds is 2. The van der Waals surface area contributed by atoms with Gasteiger partial charge < -0.3 is 5.11 Å². The van der Waals surface area contributed by atoms with Crippen molar-refractivity contribution in [3.05, 3.63) is 11.6 Å². The van der Waals surface area contributed by atoms with Gasteiger partial charge in [0.25, 0.3) is 0 Å². The number of aliphatic carboxylic acids is 1. The predicted octanol–water partition coefficient (Wildman–Crippen LogP) is 2.31. The van der Waals surface area contributed by atoms with Crippen LogP contribution in [0.2, 0.25) is 0 Å². The summed E-state index contributed by atoms with van der Waals surface area (Å²) >= 11 is 0. The highest BCUT2D eigenvalue weighted by Gasteiger charge is 2.60. The summed E-state index contributed by atoms with van der Waals surface area (Å²) in [5, 5.41) is 8.84. The van der Waals surface area contributed by atoms with Crippen LogP contribution in [0.4, 0.5) is 0 Å². The van der Waals surface area contributed by atoms with E-state index in [9.17, 15) is 4.79 Å². The van der Waals surface area contributed by atoms with E-state index in [0.29, 0.717) is 0 Å². The Kier molecular flexibility index (Phi) is 2.02. The molecule has 0 aliphatic heterocycles. The Morgan fingerprint density at radius 3 is 2.17 bits per heavy atom. The van der Waals surface area contributed by atoms with Gasteiger partial charge >= 0.3 is 5.97 Å². The van der Waals surface area contributed by atoms with E-state index in [4.69, 9.17) is 5.11 Å². The van der Waals surface area contributed by atoms with Crippen molar-refractivity contribution in [1.29, 1.82) is 0 Å². The third-order valence-electron chi connectivity index (χ3n) is 2.69. The zero-order valence-corrected chi connectivity index (χ0v) is 8.09. The first-order chi connectivity index (χ1) is 5.37. The van der Waals surface area contributed by atoms with Gasteiger partial charge in [0.2, 0.25) is 0 Å². The fraction of sp³-hybridized carbons (Fsp3) is 0.700. The molecule has 1 aliphatic rings. The maximum absolute atomic E-state index is 10.7. The topological polar surface area (TPSA) is 37.3 Å². The van der Waals surface area contributed by atoms with E-state index in [2.05, 4.69) is 6.08 Å². The minimum atomic E-state index is -0.664. The van der Waals surface area contributed by atoms with Crippen molar-refractivity contribution < 1.29 is 9.90 Å². The molecule has 0 saturated heterocycles. The quantitative estimate of drug-likeness (QED) is 0.642. The SMILES string of the molecule is CC(C)=C[C@H]1[C@@H](C(=O)O)C1(C)C. The lowest BCUT2D eigenvalue weighted by Crippen LogP contribution is -2.02. The van der Waals surface area contributed by atoms with Gasteiger partial charge in [0, 0.05) is 0 Å². The molecule has 2 heteroatoms. The van der Waals surface area contributed by atoms with Crippen molar-refractivity contribution in [2.75, 3.05) is 0 Å². The van der Waals surface area contributed by atoms with Crippen LogP contribution in [0.25, 0.3) is 0 Å². The van der Waals surface area contributed by atoms with E-state index in [1.165, 1.54) is 5.57 Å². The highest BCUT2D eigenvalue weighted by atomic mass is 16.4. The summed E-state index contributed by atoms with van der Waals surface area (Å²) in [5.41, 5.74) is 1.17. The molecule has 1 rings (SSSR count). The Morgan fingerprint density at radius 2 is 1.92 bits per heavy atom. The van der Waals surface area contributed by atoms with E-state index in [0.717, 1.165) is 0 Å². The maximum atomic E-state index is 10.7. The molecule has 0 spiro atoms. The molecule has 1 fully saturated rings. The van der Waals surface area contributed by atoms with Crippen molar-refractivity contribution >= 4 is 5.97 Å². The standard InChI is InChI=1S/C10H16O2/c1-6(2)5-7-8(9(11)12)10(7,3)4/h5,7-8H,1-4H3,(H,11,12)/t7-,8-/m0/s1. The van der Waals surface area contributed by atoms with Crippen molar-refractivity contribution in [1.82, 2.24) is 0 Å². The first kappa shape index (κ1) is 9.30. The molecule has 0 bridgehead atoms. The Hall–Kier alpha value is -0.790. The molecular weight excluding hydrogens is 152 g/mol. The van der Waals surface area contributed by atoms with Crippen LogP contribution in [0.5, 0.6) is 0 Å². The Balaban J connectivity index is 2.73. The summed E-state index contributed by atoms with van der Waals surface area (Å²) in [6.45, 7) is 8.03. The summed E-state index contributed by atoms with van der Waals surface area (Å²) in [6, 6.07) is 0. The summed E-state index contributed by atoms with van der Waals surface area (Å²) in [7, 11) is 0. The fourth-order valence-corrected chi connectivity index (χ4v) is 1.82. The van der Waals surface area contributed by atoms with Crippen LogP contribution in [-0.2, 0) is 4.79 Å². The molecule has 0 aromatic carbocycles. The van der Waals surface area contributed by atoms with E-state index in [1.54, 1.807) is 0 Å². The smallest absolute Gasteiger partial charge is 0.307 e. The molecule has 1 N–H and O–H groups in total. The molecule has 0 unspecified atom stereocenters. The monoisotopic (exact) mass is 168 g/mol. The second-order valence-corrected chi connectivity index (χ2v) is 4.41. The van der Waals surface area contributed by atoms with Crippen molar-refractivity contribution in [3.63, 3.8) is 0 Å². The number of carboxylic acids is 1. The summed E-state index contributed by atoms with van der Waals surface area (Å²) < 4.78 is 0. The van der Waals surface area contributed by atoms with Crippen molar-refractivity contribution in [2.24, 2.45) is 17.3 Å². The minimum Gasteiger partial charge on any atom is -0.481 e. The predicted molar refractivity (Wildman–Crippen MR) is 47.8 cm³/mol. The zero-order valence-electron chi connectivity index (χ0n) is 8.09. The van der Waals surface area contributed by atoms with Crippen LogP contribution in [0.1, 0.15) is 27.7 Å². The van der Waals surface area contributed by atoms with Crippen molar-refractivity contribution in [3.8, 4) is 0 Å². The average molecular weight is 168 g/mol. The number of allylic oxidation sites excluding steroid dienone is 2. The molecular formula is C10H16O2. The van der Waals surface area contributed by atoms with Gasteiger partial charge in [0.15, 0.2) is 0 Å². The molecule has 0 aromatic heterocycles. The fourth-order valence-electron chi connectivity index (χ4n) is 1.82. The molecule has 0 heterocycles. The lowest BCUT2D eigenvalue weighted by Gasteiger charge is -1.96. The Labute approximate surface area is 73.3 Å². The van der Waals surface area contributed by atoms with E-state index < -0.39 is 5.97 Å². The largest absolute Gasteiger partial charge is 0.481 e. The summed E-state index contributed by atoms with van der Waals surface area (Å²) in [4.78, 5) is 10.7. The van der Waals surface area contributed by atoms with Gasteiger partial charge in [-0.1, -0.05) is 25.5 Å². The number of carboxylic acid groups (broad SMARTS) is 1. The number of hydrogen-bond donors (Lipinski definition) is 1. The van der Waals surface area contributed by atoms with Gasteiger partial charge in [-0.15, -0.1) is 0 Å². The molecule has 2 atom stereocenters. The first-order valence-electron chi connectivity index (χ1n) is 4.25. The van der Waals surface area contributed by atoms with Crippen LogP contribution >= 0.6 is 0 Å². The van der Waals surface area contributed by atoms with Crippen LogP contribution in [0.15, 0.2) is 11.6 Å². The molecule has 0 radical (unpaired) electrons. The lowest BCUT2D eigenvalue weighted by molar-refractivity contribution is -0.139. The first-order valence-corrected chi connectivity index (χ1v) is 4.25. The van der Waals surface area contributed by atoms with E-state index in [-0.39, 0.29) is 17.3 Å². The van der Waals surface area contributed by atoms with E-state index >= 15 is 0 Å². The van der Waals surface area contributed by atoms with Crippen molar-refractivity contribution in [2.45, 2.75) is 27.7 Å². The number of hydrogen-bond acceptors (Lipinski definition) is 1. The second-order valence-electron chi connectivity index (χ2n) is 4.41. The Morgan fingerprint density at radius 1 is 1.42 bits per heavy atom. The molecule has 0 amide bonds. The van der Waals surface area contributed by atoms with Crippen LogP contribution in [-0.4, -0.2) is 11.1 Å². The van der Waals surface area contributed by atoms with Gasteiger partial charge in [0.05, 0.1) is 5.92 Å². The molecule has 12 heavy (non-hydrogen) atoms.